The molecule has 2 aliphatic heterocycles. The Labute approximate surface area is 104 Å². The lowest BCUT2D eigenvalue weighted by molar-refractivity contribution is -0.161. The molecule has 1 saturated heterocycles. The second kappa shape index (κ2) is 4.58. The molecule has 2 heterocycles. The van der Waals surface area contributed by atoms with Gasteiger partial charge < -0.3 is 20.7 Å². The van der Waals surface area contributed by atoms with E-state index in [1.165, 1.54) is 11.8 Å². The van der Waals surface area contributed by atoms with E-state index in [0.29, 0.717) is 6.42 Å². The van der Waals surface area contributed by atoms with Crippen molar-refractivity contribution in [3.8, 4) is 0 Å². The molecule has 100 valence electrons. The van der Waals surface area contributed by atoms with Gasteiger partial charge in [-0.25, -0.2) is 4.79 Å². The normalized spacial score (nSPS) is 27.9. The smallest absolute Gasteiger partial charge is 0.356 e. The van der Waals surface area contributed by atoms with Crippen LogP contribution in [0.4, 0.5) is 0 Å². The molecule has 0 bridgehead atoms. The molecule has 0 aliphatic carbocycles. The van der Waals surface area contributed by atoms with Crippen LogP contribution in [0.5, 0.6) is 0 Å². The first kappa shape index (κ1) is 12.8. The molecule has 0 radical (unpaired) electrons. The van der Waals surface area contributed by atoms with Crippen molar-refractivity contribution in [2.75, 3.05) is 13.2 Å². The summed E-state index contributed by atoms with van der Waals surface area (Å²) < 4.78 is 5.28. The minimum atomic E-state index is -1.19. The Kier molecular flexibility index (Phi) is 3.27. The van der Waals surface area contributed by atoms with Gasteiger partial charge in [0.2, 0.25) is 5.91 Å². The van der Waals surface area contributed by atoms with Gasteiger partial charge in [-0.05, 0) is 6.92 Å². The third kappa shape index (κ3) is 1.75. The quantitative estimate of drug-likeness (QED) is 0.536. The number of hydrogen-bond acceptors (Lipinski definition) is 5. The summed E-state index contributed by atoms with van der Waals surface area (Å²) >= 11 is 0. The zero-order valence-electron chi connectivity index (χ0n) is 10.00. The number of carboxylic acids is 1. The van der Waals surface area contributed by atoms with Crippen molar-refractivity contribution in [3.63, 3.8) is 0 Å². The monoisotopic (exact) mass is 256 g/mol. The van der Waals surface area contributed by atoms with E-state index in [4.69, 9.17) is 15.6 Å². The maximum atomic E-state index is 11.8. The number of hydrogen-bond donors (Lipinski definition) is 3. The molecule has 4 N–H and O–H groups in total. The van der Waals surface area contributed by atoms with Crippen LogP contribution >= 0.6 is 0 Å². The molecule has 3 atom stereocenters. The number of nitrogens with zero attached hydrogens (tertiary/aromatic N) is 1. The molecule has 1 fully saturated rings. The molecule has 2 rings (SSSR count). The number of aliphatic hydroxyl groups is 1. The zero-order chi connectivity index (χ0) is 13.4. The summed E-state index contributed by atoms with van der Waals surface area (Å²) in [4.78, 5) is 24.2. The third-order valence-corrected chi connectivity index (χ3v) is 3.28. The number of aliphatic hydroxyl groups excluding tert-OH is 1. The van der Waals surface area contributed by atoms with Gasteiger partial charge in [0, 0.05) is 13.0 Å². The third-order valence-electron chi connectivity index (χ3n) is 3.28. The average molecular weight is 256 g/mol. The lowest BCUT2D eigenvalue weighted by Crippen LogP contribution is -2.61. The van der Waals surface area contributed by atoms with Crippen molar-refractivity contribution >= 4 is 11.9 Å². The van der Waals surface area contributed by atoms with Crippen molar-refractivity contribution in [1.29, 1.82) is 0 Å². The van der Waals surface area contributed by atoms with Crippen LogP contribution in [0.2, 0.25) is 0 Å². The number of carbonyl (C=O) groups excluding carboxylic acids is 1. The van der Waals surface area contributed by atoms with Crippen LogP contribution in [0, 0.1) is 5.92 Å². The predicted octanol–water partition coefficient (Wildman–Crippen LogP) is -1.13. The largest absolute Gasteiger partial charge is 0.494 e. The summed E-state index contributed by atoms with van der Waals surface area (Å²) in [5.41, 5.74) is 5.18. The standard InChI is InChI=1S/C11H16N2O5/c1-5(14)8-6-4-7(18-3-2-12)9(11(16)17)13(6)10(8)15/h5-6,8,14H,2-4,12H2,1H3,(H,16,17). The van der Waals surface area contributed by atoms with E-state index in [1.807, 2.05) is 0 Å². The number of carbonyl (C=O) groups is 2. The predicted molar refractivity (Wildman–Crippen MR) is 60.1 cm³/mol. The highest BCUT2D eigenvalue weighted by molar-refractivity contribution is 5.99. The molecule has 7 nitrogen and oxygen atoms in total. The summed E-state index contributed by atoms with van der Waals surface area (Å²) in [7, 11) is 0. The molecule has 0 aromatic carbocycles. The first-order chi connectivity index (χ1) is 8.49. The minimum Gasteiger partial charge on any atom is -0.494 e. The van der Waals surface area contributed by atoms with E-state index >= 15 is 0 Å². The van der Waals surface area contributed by atoms with Crippen molar-refractivity contribution in [2.24, 2.45) is 11.7 Å². The highest BCUT2D eigenvalue weighted by Gasteiger charge is 2.57. The number of nitrogens with two attached hydrogens (primary N) is 1. The fraction of sp³-hybridized carbons (Fsp3) is 0.636. The van der Waals surface area contributed by atoms with Gasteiger partial charge in [-0.3, -0.25) is 9.69 Å². The summed E-state index contributed by atoms with van der Waals surface area (Å²) in [5.74, 6) is -1.83. The van der Waals surface area contributed by atoms with E-state index in [2.05, 4.69) is 0 Å². The number of β-lactam (4-membered cyclic amide) rings is 1. The van der Waals surface area contributed by atoms with Gasteiger partial charge in [0.05, 0.1) is 18.1 Å². The number of carboxylic acid groups (broad SMARTS) is 1. The van der Waals surface area contributed by atoms with Crippen molar-refractivity contribution < 1.29 is 24.5 Å². The van der Waals surface area contributed by atoms with E-state index in [9.17, 15) is 14.7 Å². The summed E-state index contributed by atoms with van der Waals surface area (Å²) in [6.45, 7) is 2.01. The maximum absolute atomic E-state index is 11.8. The Balaban J connectivity index is 2.21. The summed E-state index contributed by atoms with van der Waals surface area (Å²) in [6, 6.07) is -0.309. The lowest BCUT2D eigenvalue weighted by atomic mass is 9.83. The van der Waals surface area contributed by atoms with Gasteiger partial charge in [0.25, 0.3) is 0 Å². The second-order valence-electron chi connectivity index (χ2n) is 4.46. The van der Waals surface area contributed by atoms with Crippen molar-refractivity contribution in [2.45, 2.75) is 25.5 Å². The maximum Gasteiger partial charge on any atom is 0.356 e. The Morgan fingerprint density at radius 1 is 1.67 bits per heavy atom. The number of amides is 1. The Bertz CT molecular complexity index is 418. The van der Waals surface area contributed by atoms with E-state index in [-0.39, 0.29) is 36.6 Å². The van der Waals surface area contributed by atoms with Crippen LogP contribution < -0.4 is 5.73 Å². The van der Waals surface area contributed by atoms with Gasteiger partial charge in [-0.15, -0.1) is 0 Å². The van der Waals surface area contributed by atoms with E-state index in [1.54, 1.807) is 0 Å². The van der Waals surface area contributed by atoms with Gasteiger partial charge in [0.15, 0.2) is 5.70 Å². The Morgan fingerprint density at radius 2 is 2.33 bits per heavy atom. The first-order valence-corrected chi connectivity index (χ1v) is 5.79. The number of ether oxygens (including phenoxy) is 1. The number of rotatable bonds is 5. The number of aliphatic carboxylic acids is 1. The molecule has 3 unspecified atom stereocenters. The number of fused-ring (bicyclic) bond motifs is 1. The van der Waals surface area contributed by atoms with Gasteiger partial charge in [-0.2, -0.15) is 0 Å². The molecule has 2 aliphatic rings. The molecular weight excluding hydrogens is 240 g/mol. The van der Waals surface area contributed by atoms with Crippen LogP contribution in [0.15, 0.2) is 11.5 Å². The molecule has 0 aromatic rings. The highest BCUT2D eigenvalue weighted by Crippen LogP contribution is 2.43. The molecule has 7 heteroatoms. The molecule has 0 spiro atoms. The molecule has 0 saturated carbocycles. The van der Waals surface area contributed by atoms with E-state index < -0.39 is 18.0 Å². The van der Waals surface area contributed by atoms with Gasteiger partial charge in [-0.1, -0.05) is 0 Å². The minimum absolute atomic E-state index is 0.115. The molecule has 0 aromatic heterocycles. The van der Waals surface area contributed by atoms with Crippen molar-refractivity contribution in [1.82, 2.24) is 4.90 Å². The fourth-order valence-electron chi connectivity index (χ4n) is 2.54. The topological polar surface area (TPSA) is 113 Å². The first-order valence-electron chi connectivity index (χ1n) is 5.79. The fourth-order valence-corrected chi connectivity index (χ4v) is 2.54. The Morgan fingerprint density at radius 3 is 2.83 bits per heavy atom. The zero-order valence-corrected chi connectivity index (χ0v) is 10.00. The molecule has 1 amide bonds. The van der Waals surface area contributed by atoms with Crippen LogP contribution in [0.25, 0.3) is 0 Å². The lowest BCUT2D eigenvalue weighted by Gasteiger charge is -2.44. The highest BCUT2D eigenvalue weighted by atomic mass is 16.5. The van der Waals surface area contributed by atoms with Crippen LogP contribution in [0.3, 0.4) is 0 Å². The van der Waals surface area contributed by atoms with E-state index in [0.717, 1.165) is 0 Å². The Hall–Kier alpha value is -1.60. The van der Waals surface area contributed by atoms with Crippen LogP contribution in [-0.2, 0) is 14.3 Å². The molecule has 18 heavy (non-hydrogen) atoms. The molecular formula is C11H16N2O5. The second-order valence-corrected chi connectivity index (χ2v) is 4.46. The summed E-state index contributed by atoms with van der Waals surface area (Å²) in [5, 5.41) is 18.6. The summed E-state index contributed by atoms with van der Waals surface area (Å²) in [6.07, 6.45) is -0.467. The van der Waals surface area contributed by atoms with Gasteiger partial charge >= 0.3 is 5.97 Å². The van der Waals surface area contributed by atoms with Crippen LogP contribution in [-0.4, -0.2) is 52.3 Å². The SMILES string of the molecule is CC(O)C1C(=O)N2C(C(=O)O)=C(OCCN)CC12. The van der Waals surface area contributed by atoms with Crippen LogP contribution in [0.1, 0.15) is 13.3 Å². The van der Waals surface area contributed by atoms with Gasteiger partial charge in [0.1, 0.15) is 12.4 Å². The average Bonchev–Trinajstić information content (AvgIpc) is 2.60. The van der Waals surface area contributed by atoms with Crippen molar-refractivity contribution in [3.05, 3.63) is 11.5 Å².